The average Bonchev–Trinajstić information content (AvgIpc) is 2.79. The summed E-state index contributed by atoms with van der Waals surface area (Å²) in [5.41, 5.74) is 7.00. The van der Waals surface area contributed by atoms with E-state index in [1.165, 1.54) is 35.6 Å². The predicted octanol–water partition coefficient (Wildman–Crippen LogP) is 3.33. The number of fused-ring (bicyclic) bond motifs is 1. The molecule has 3 aromatic rings. The molecule has 3 rings (SSSR count). The minimum absolute atomic E-state index is 0.130. The number of nitrogens with zero attached hydrogens (tertiary/aromatic N) is 1. The van der Waals surface area contributed by atoms with Gasteiger partial charge < -0.3 is 5.73 Å². The highest BCUT2D eigenvalue weighted by Gasteiger charge is 2.16. The van der Waals surface area contributed by atoms with Crippen LogP contribution in [0, 0.1) is 0 Å². The summed E-state index contributed by atoms with van der Waals surface area (Å²) in [6, 6.07) is 11.2. The van der Waals surface area contributed by atoms with E-state index < -0.39 is 10.0 Å². The van der Waals surface area contributed by atoms with Crippen molar-refractivity contribution in [3.8, 4) is 0 Å². The van der Waals surface area contributed by atoms with Crippen LogP contribution < -0.4 is 10.5 Å². The van der Waals surface area contributed by atoms with Crippen molar-refractivity contribution in [3.63, 3.8) is 0 Å². The Labute approximate surface area is 130 Å². The van der Waals surface area contributed by atoms with Gasteiger partial charge in [0.2, 0.25) is 0 Å². The summed E-state index contributed by atoms with van der Waals surface area (Å²) in [4.78, 5) is 4.36. The smallest absolute Gasteiger partial charge is 0.263 e. The molecule has 0 bridgehead atoms. The van der Waals surface area contributed by atoms with Crippen molar-refractivity contribution in [1.82, 2.24) is 4.98 Å². The summed E-state index contributed by atoms with van der Waals surface area (Å²) in [5, 5.41) is 0.773. The van der Waals surface area contributed by atoms with E-state index in [4.69, 9.17) is 17.3 Å². The van der Waals surface area contributed by atoms with Gasteiger partial charge in [-0.1, -0.05) is 22.9 Å². The van der Waals surface area contributed by atoms with Crippen LogP contribution in [-0.4, -0.2) is 13.4 Å². The molecule has 0 aliphatic carbocycles. The molecule has 0 atom stereocenters. The summed E-state index contributed by atoms with van der Waals surface area (Å²) in [6.07, 6.45) is 0. The van der Waals surface area contributed by atoms with Gasteiger partial charge in [0.1, 0.15) is 0 Å². The van der Waals surface area contributed by atoms with Crippen LogP contribution in [0.15, 0.2) is 47.4 Å². The third-order valence-electron chi connectivity index (χ3n) is 2.76. The van der Waals surface area contributed by atoms with Gasteiger partial charge in [-0.05, 0) is 42.5 Å². The number of aromatic nitrogens is 1. The van der Waals surface area contributed by atoms with Crippen molar-refractivity contribution < 1.29 is 8.42 Å². The third kappa shape index (κ3) is 2.94. The molecular formula is C13H10ClN3O2S2. The SMILES string of the molecule is Nc1ccc2nc(NS(=O)(=O)c3ccc(Cl)cc3)sc2c1. The first-order chi connectivity index (χ1) is 9.94. The highest BCUT2D eigenvalue weighted by atomic mass is 35.5. The molecule has 108 valence electrons. The first kappa shape index (κ1) is 14.1. The zero-order chi connectivity index (χ0) is 15.0. The van der Waals surface area contributed by atoms with E-state index in [0.717, 1.165) is 4.70 Å². The van der Waals surface area contributed by atoms with E-state index in [2.05, 4.69) is 9.71 Å². The topological polar surface area (TPSA) is 85.1 Å². The zero-order valence-electron chi connectivity index (χ0n) is 10.6. The van der Waals surface area contributed by atoms with E-state index in [1.54, 1.807) is 18.2 Å². The lowest BCUT2D eigenvalue weighted by Crippen LogP contribution is -2.12. The Hall–Kier alpha value is -1.83. The second-order valence-corrected chi connectivity index (χ2v) is 7.46. The molecule has 0 aliphatic heterocycles. The van der Waals surface area contributed by atoms with Crippen LogP contribution in [0.4, 0.5) is 10.8 Å². The van der Waals surface area contributed by atoms with Crippen LogP contribution in [0.2, 0.25) is 5.02 Å². The quantitative estimate of drug-likeness (QED) is 0.717. The summed E-state index contributed by atoms with van der Waals surface area (Å²) < 4.78 is 27.8. The molecular weight excluding hydrogens is 330 g/mol. The summed E-state index contributed by atoms with van der Waals surface area (Å²) in [6.45, 7) is 0. The summed E-state index contributed by atoms with van der Waals surface area (Å²) in [5.74, 6) is 0. The Balaban J connectivity index is 1.95. The van der Waals surface area contributed by atoms with Gasteiger partial charge >= 0.3 is 0 Å². The van der Waals surface area contributed by atoms with Gasteiger partial charge in [-0.25, -0.2) is 13.4 Å². The van der Waals surface area contributed by atoms with Crippen molar-refractivity contribution in [1.29, 1.82) is 0 Å². The molecule has 0 unspecified atom stereocenters. The van der Waals surface area contributed by atoms with Gasteiger partial charge in [0.05, 0.1) is 15.1 Å². The minimum atomic E-state index is -3.68. The number of nitrogens with one attached hydrogen (secondary N) is 1. The van der Waals surface area contributed by atoms with Crippen molar-refractivity contribution in [2.45, 2.75) is 4.90 Å². The lowest BCUT2D eigenvalue weighted by atomic mass is 10.3. The average molecular weight is 340 g/mol. The molecule has 0 fully saturated rings. The molecule has 0 aliphatic rings. The highest BCUT2D eigenvalue weighted by molar-refractivity contribution is 7.93. The van der Waals surface area contributed by atoms with Gasteiger partial charge in [-0.3, -0.25) is 4.72 Å². The number of benzene rings is 2. The highest BCUT2D eigenvalue weighted by Crippen LogP contribution is 2.29. The lowest BCUT2D eigenvalue weighted by molar-refractivity contribution is 0.601. The number of nitrogens with two attached hydrogens (primary N) is 1. The van der Waals surface area contributed by atoms with E-state index in [0.29, 0.717) is 21.4 Å². The van der Waals surface area contributed by atoms with Crippen molar-refractivity contribution in [2.24, 2.45) is 0 Å². The van der Waals surface area contributed by atoms with Crippen LogP contribution in [0.25, 0.3) is 10.2 Å². The monoisotopic (exact) mass is 339 g/mol. The molecule has 0 radical (unpaired) electrons. The lowest BCUT2D eigenvalue weighted by Gasteiger charge is -2.04. The number of anilines is 2. The molecule has 2 aromatic carbocycles. The van der Waals surface area contributed by atoms with Gasteiger partial charge in [0.25, 0.3) is 10.0 Å². The first-order valence-electron chi connectivity index (χ1n) is 5.88. The number of hydrogen-bond donors (Lipinski definition) is 2. The van der Waals surface area contributed by atoms with E-state index in [1.807, 2.05) is 0 Å². The van der Waals surface area contributed by atoms with Crippen LogP contribution in [0.1, 0.15) is 0 Å². The zero-order valence-corrected chi connectivity index (χ0v) is 13.0. The maximum atomic E-state index is 12.2. The van der Waals surface area contributed by atoms with Crippen LogP contribution >= 0.6 is 22.9 Å². The second kappa shape index (κ2) is 5.18. The molecule has 0 spiro atoms. The van der Waals surface area contributed by atoms with Crippen molar-refractivity contribution in [3.05, 3.63) is 47.5 Å². The van der Waals surface area contributed by atoms with Crippen molar-refractivity contribution >= 4 is 54.0 Å². The molecule has 21 heavy (non-hydrogen) atoms. The predicted molar refractivity (Wildman–Crippen MR) is 86.3 cm³/mol. The van der Waals surface area contributed by atoms with E-state index in [-0.39, 0.29) is 4.90 Å². The third-order valence-corrected chi connectivity index (χ3v) is 5.43. The first-order valence-corrected chi connectivity index (χ1v) is 8.56. The molecule has 0 saturated heterocycles. The number of hydrogen-bond acceptors (Lipinski definition) is 5. The Morgan fingerprint density at radius 2 is 1.86 bits per heavy atom. The van der Waals surface area contributed by atoms with E-state index in [9.17, 15) is 8.42 Å². The maximum Gasteiger partial charge on any atom is 0.263 e. The number of halogens is 1. The molecule has 0 saturated carbocycles. The number of nitrogen functional groups attached to an aromatic ring is 1. The van der Waals surface area contributed by atoms with Crippen molar-refractivity contribution in [2.75, 3.05) is 10.5 Å². The number of sulfonamides is 1. The van der Waals surface area contributed by atoms with Gasteiger partial charge in [-0.2, -0.15) is 0 Å². The minimum Gasteiger partial charge on any atom is -0.399 e. The Kier molecular flexibility index (Phi) is 3.48. The van der Waals surface area contributed by atoms with Crippen LogP contribution in [0.5, 0.6) is 0 Å². The molecule has 1 heterocycles. The second-order valence-electron chi connectivity index (χ2n) is 4.31. The molecule has 0 amide bonds. The fourth-order valence-corrected chi connectivity index (χ4v) is 4.05. The molecule has 5 nitrogen and oxygen atoms in total. The Morgan fingerprint density at radius 3 is 2.57 bits per heavy atom. The summed E-state index contributed by atoms with van der Waals surface area (Å²) >= 11 is 6.98. The summed E-state index contributed by atoms with van der Waals surface area (Å²) in [7, 11) is -3.68. The fraction of sp³-hybridized carbons (Fsp3) is 0. The fourth-order valence-electron chi connectivity index (χ4n) is 1.77. The normalized spacial score (nSPS) is 11.7. The number of rotatable bonds is 3. The molecule has 8 heteroatoms. The number of thiazole rings is 1. The Bertz CT molecular complexity index is 905. The largest absolute Gasteiger partial charge is 0.399 e. The standard InChI is InChI=1S/C13H10ClN3O2S2/c14-8-1-4-10(5-2-8)21(18,19)17-13-16-11-6-3-9(15)7-12(11)20-13/h1-7H,15H2,(H,16,17). The van der Waals surface area contributed by atoms with Gasteiger partial charge in [0, 0.05) is 10.7 Å². The molecule has 3 N–H and O–H groups in total. The van der Waals surface area contributed by atoms with Crippen LogP contribution in [-0.2, 0) is 10.0 Å². The molecule has 1 aromatic heterocycles. The van der Waals surface area contributed by atoms with E-state index >= 15 is 0 Å². The van der Waals surface area contributed by atoms with Crippen LogP contribution in [0.3, 0.4) is 0 Å². The Morgan fingerprint density at radius 1 is 1.14 bits per heavy atom. The maximum absolute atomic E-state index is 12.2. The van der Waals surface area contributed by atoms with Gasteiger partial charge in [-0.15, -0.1) is 0 Å². The van der Waals surface area contributed by atoms with Gasteiger partial charge in [0.15, 0.2) is 5.13 Å².